The molecule has 1 heterocycles. The van der Waals surface area contributed by atoms with E-state index in [1.54, 1.807) is 0 Å². The zero-order chi connectivity index (χ0) is 13.8. The lowest BCUT2D eigenvalue weighted by molar-refractivity contribution is -0.121. The van der Waals surface area contributed by atoms with Gasteiger partial charge in [-0.25, -0.2) is 8.78 Å². The molecule has 2 N–H and O–H groups in total. The lowest BCUT2D eigenvalue weighted by atomic mass is 10.0. The normalized spacial score (nSPS) is 23.1. The number of amides is 1. The van der Waals surface area contributed by atoms with E-state index < -0.39 is 11.6 Å². The molecule has 3 nitrogen and oxygen atoms in total. The highest BCUT2D eigenvalue weighted by Crippen LogP contribution is 2.11. The predicted octanol–water partition coefficient (Wildman–Crippen LogP) is 1.76. The summed E-state index contributed by atoms with van der Waals surface area (Å²) < 4.78 is 26.2. The number of halogens is 2. The summed E-state index contributed by atoms with van der Waals surface area (Å²) in [5.41, 5.74) is 0.219. The smallest absolute Gasteiger partial charge is 0.224 e. The van der Waals surface area contributed by atoms with Crippen molar-refractivity contribution < 1.29 is 13.6 Å². The highest BCUT2D eigenvalue weighted by atomic mass is 19.1. The van der Waals surface area contributed by atoms with Crippen molar-refractivity contribution in [3.63, 3.8) is 0 Å². The van der Waals surface area contributed by atoms with Crippen LogP contribution in [0.4, 0.5) is 8.78 Å². The summed E-state index contributed by atoms with van der Waals surface area (Å²) in [6.45, 7) is 2.84. The van der Waals surface area contributed by atoms with E-state index in [0.29, 0.717) is 6.04 Å². The van der Waals surface area contributed by atoms with Crippen molar-refractivity contribution in [1.82, 2.24) is 10.6 Å². The van der Waals surface area contributed by atoms with E-state index in [1.807, 2.05) is 0 Å². The number of benzene rings is 1. The summed E-state index contributed by atoms with van der Waals surface area (Å²) in [6, 6.07) is 3.84. The van der Waals surface area contributed by atoms with Crippen LogP contribution in [0.1, 0.15) is 25.3 Å². The molecule has 19 heavy (non-hydrogen) atoms. The van der Waals surface area contributed by atoms with Gasteiger partial charge in [0.2, 0.25) is 5.91 Å². The van der Waals surface area contributed by atoms with E-state index in [1.165, 1.54) is 6.07 Å². The number of piperidine rings is 1. The van der Waals surface area contributed by atoms with Gasteiger partial charge < -0.3 is 10.6 Å². The summed E-state index contributed by atoms with van der Waals surface area (Å²) in [5, 5.41) is 6.15. The topological polar surface area (TPSA) is 41.1 Å². The van der Waals surface area contributed by atoms with Gasteiger partial charge >= 0.3 is 0 Å². The summed E-state index contributed by atoms with van der Waals surface area (Å²) in [5.74, 6) is -1.54. The van der Waals surface area contributed by atoms with Gasteiger partial charge in [0.15, 0.2) is 0 Å². The molecule has 0 radical (unpaired) electrons. The number of hydrogen-bond acceptors (Lipinski definition) is 2. The molecule has 1 aromatic rings. The highest BCUT2D eigenvalue weighted by Gasteiger charge is 2.19. The van der Waals surface area contributed by atoms with Crippen molar-refractivity contribution in [2.75, 3.05) is 6.54 Å². The molecule has 2 atom stereocenters. The minimum Gasteiger partial charge on any atom is -0.352 e. The SMILES string of the molecule is CC1CCC(NC(=O)Cc2ccc(F)cc2F)CN1. The fourth-order valence-corrected chi connectivity index (χ4v) is 2.24. The van der Waals surface area contributed by atoms with Gasteiger partial charge in [-0.3, -0.25) is 4.79 Å². The number of hydrogen-bond donors (Lipinski definition) is 2. The van der Waals surface area contributed by atoms with Gasteiger partial charge in [-0.2, -0.15) is 0 Å². The van der Waals surface area contributed by atoms with Crippen LogP contribution in [0.2, 0.25) is 0 Å². The Balaban J connectivity index is 1.87. The van der Waals surface area contributed by atoms with Crippen LogP contribution in [-0.2, 0) is 11.2 Å². The van der Waals surface area contributed by atoms with E-state index in [2.05, 4.69) is 17.6 Å². The standard InChI is InChI=1S/C14H18F2N2O/c1-9-2-5-12(8-17-9)18-14(19)6-10-3-4-11(15)7-13(10)16/h3-4,7,9,12,17H,2,5-6,8H2,1H3,(H,18,19). The predicted molar refractivity (Wildman–Crippen MR) is 68.7 cm³/mol. The van der Waals surface area contributed by atoms with Crippen molar-refractivity contribution in [1.29, 1.82) is 0 Å². The Labute approximate surface area is 111 Å². The minimum atomic E-state index is -0.675. The summed E-state index contributed by atoms with van der Waals surface area (Å²) in [6.07, 6.45) is 1.87. The minimum absolute atomic E-state index is 0.0574. The number of rotatable bonds is 3. The second-order valence-electron chi connectivity index (χ2n) is 5.06. The Morgan fingerprint density at radius 2 is 2.21 bits per heavy atom. The first-order chi connectivity index (χ1) is 9.04. The van der Waals surface area contributed by atoms with Crippen LogP contribution in [0.25, 0.3) is 0 Å². The van der Waals surface area contributed by atoms with Crippen molar-refractivity contribution >= 4 is 5.91 Å². The van der Waals surface area contributed by atoms with Crippen molar-refractivity contribution in [3.8, 4) is 0 Å². The molecule has 104 valence electrons. The molecule has 1 fully saturated rings. The molecule has 1 aliphatic heterocycles. The molecule has 1 aliphatic rings. The average Bonchev–Trinajstić information content (AvgIpc) is 2.36. The van der Waals surface area contributed by atoms with Crippen LogP contribution < -0.4 is 10.6 Å². The summed E-state index contributed by atoms with van der Waals surface area (Å²) >= 11 is 0. The zero-order valence-electron chi connectivity index (χ0n) is 10.9. The molecule has 0 bridgehead atoms. The van der Waals surface area contributed by atoms with Gasteiger partial charge in [0, 0.05) is 24.7 Å². The lowest BCUT2D eigenvalue weighted by Gasteiger charge is -2.28. The maximum absolute atomic E-state index is 13.4. The average molecular weight is 268 g/mol. The third-order valence-corrected chi connectivity index (χ3v) is 3.39. The van der Waals surface area contributed by atoms with Crippen LogP contribution >= 0.6 is 0 Å². The van der Waals surface area contributed by atoms with E-state index in [0.717, 1.165) is 31.5 Å². The first-order valence-corrected chi connectivity index (χ1v) is 6.51. The molecule has 0 aliphatic carbocycles. The second kappa shape index (κ2) is 6.10. The van der Waals surface area contributed by atoms with Gasteiger partial charge in [0.25, 0.3) is 0 Å². The van der Waals surface area contributed by atoms with Gasteiger partial charge in [-0.05, 0) is 31.4 Å². The van der Waals surface area contributed by atoms with E-state index >= 15 is 0 Å². The van der Waals surface area contributed by atoms with Crippen molar-refractivity contribution in [3.05, 3.63) is 35.4 Å². The highest BCUT2D eigenvalue weighted by molar-refractivity contribution is 5.78. The maximum Gasteiger partial charge on any atom is 0.224 e. The molecule has 0 spiro atoms. The number of nitrogens with one attached hydrogen (secondary N) is 2. The van der Waals surface area contributed by atoms with E-state index in [9.17, 15) is 13.6 Å². The van der Waals surface area contributed by atoms with Gasteiger partial charge in [-0.15, -0.1) is 0 Å². The van der Waals surface area contributed by atoms with Crippen LogP contribution in [0, 0.1) is 11.6 Å². The lowest BCUT2D eigenvalue weighted by Crippen LogP contribution is -2.49. The molecular formula is C14H18F2N2O. The van der Waals surface area contributed by atoms with Gasteiger partial charge in [0.1, 0.15) is 11.6 Å². The number of carbonyl (C=O) groups excluding carboxylic acids is 1. The molecule has 1 saturated heterocycles. The van der Waals surface area contributed by atoms with Crippen molar-refractivity contribution in [2.24, 2.45) is 0 Å². The molecule has 2 rings (SSSR count). The molecule has 1 amide bonds. The quantitative estimate of drug-likeness (QED) is 0.877. The van der Waals surface area contributed by atoms with Gasteiger partial charge in [-0.1, -0.05) is 6.07 Å². The molecule has 0 aromatic heterocycles. The Hall–Kier alpha value is -1.49. The van der Waals surface area contributed by atoms with Crippen LogP contribution in [0.5, 0.6) is 0 Å². The first kappa shape index (κ1) is 13.9. The Morgan fingerprint density at radius 3 is 2.84 bits per heavy atom. The van der Waals surface area contributed by atoms with Crippen molar-refractivity contribution in [2.45, 2.75) is 38.3 Å². The molecule has 1 aromatic carbocycles. The second-order valence-corrected chi connectivity index (χ2v) is 5.06. The molecular weight excluding hydrogens is 250 g/mol. The maximum atomic E-state index is 13.4. The van der Waals surface area contributed by atoms with Gasteiger partial charge in [0.05, 0.1) is 6.42 Å². The number of carbonyl (C=O) groups is 1. The van der Waals surface area contributed by atoms with E-state index in [-0.39, 0.29) is 23.9 Å². The molecule has 5 heteroatoms. The summed E-state index contributed by atoms with van der Waals surface area (Å²) in [7, 11) is 0. The van der Waals surface area contributed by atoms with Crippen LogP contribution in [-0.4, -0.2) is 24.5 Å². The Bertz CT molecular complexity index is 457. The van der Waals surface area contributed by atoms with Crippen LogP contribution in [0.15, 0.2) is 18.2 Å². The van der Waals surface area contributed by atoms with E-state index in [4.69, 9.17) is 0 Å². The monoisotopic (exact) mass is 268 g/mol. The summed E-state index contributed by atoms with van der Waals surface area (Å²) in [4.78, 5) is 11.8. The third-order valence-electron chi connectivity index (χ3n) is 3.39. The van der Waals surface area contributed by atoms with Crippen LogP contribution in [0.3, 0.4) is 0 Å². The molecule has 0 saturated carbocycles. The largest absolute Gasteiger partial charge is 0.352 e. The molecule has 2 unspecified atom stereocenters. The fourth-order valence-electron chi connectivity index (χ4n) is 2.24. The Morgan fingerprint density at radius 1 is 1.42 bits per heavy atom. The third kappa shape index (κ3) is 3.99. The Kier molecular flexibility index (Phi) is 4.47. The first-order valence-electron chi connectivity index (χ1n) is 6.51. The fraction of sp³-hybridized carbons (Fsp3) is 0.500. The zero-order valence-corrected chi connectivity index (χ0v) is 10.9.